The minimum absolute atomic E-state index is 0.0585. The van der Waals surface area contributed by atoms with Crippen LogP contribution in [0.25, 0.3) is 0 Å². The molecule has 0 aliphatic rings. The SMILES string of the molecule is CC(C)(C)c1cc(NC(=O)Cc2cc(Cl)ccc2O)cc(C(N)=O)c1F. The molecule has 0 saturated heterocycles. The van der Waals surface area contributed by atoms with Crippen molar-refractivity contribution in [3.63, 3.8) is 0 Å². The number of phenols is 1. The number of carbonyl (C=O) groups excluding carboxylic acids is 2. The third-order valence-corrected chi connectivity index (χ3v) is 4.06. The summed E-state index contributed by atoms with van der Waals surface area (Å²) >= 11 is 5.87. The molecule has 0 aliphatic heterocycles. The fraction of sp³-hybridized carbons (Fsp3) is 0.263. The average molecular weight is 379 g/mol. The van der Waals surface area contributed by atoms with Gasteiger partial charge in [0, 0.05) is 16.3 Å². The number of nitrogens with one attached hydrogen (secondary N) is 1. The van der Waals surface area contributed by atoms with Crippen LogP contribution in [0, 0.1) is 5.82 Å². The van der Waals surface area contributed by atoms with Crippen LogP contribution in [-0.2, 0) is 16.6 Å². The lowest BCUT2D eigenvalue weighted by Crippen LogP contribution is -2.22. The molecule has 0 atom stereocenters. The second-order valence-corrected chi connectivity index (χ2v) is 7.43. The Balaban J connectivity index is 2.33. The zero-order chi connectivity index (χ0) is 19.6. The normalized spacial score (nSPS) is 11.3. The predicted molar refractivity (Wildman–Crippen MR) is 99.1 cm³/mol. The Morgan fingerprint density at radius 1 is 1.23 bits per heavy atom. The summed E-state index contributed by atoms with van der Waals surface area (Å²) in [6, 6.07) is 7.05. The first kappa shape index (κ1) is 19.7. The number of primary amides is 1. The summed E-state index contributed by atoms with van der Waals surface area (Å²) in [5.41, 5.74) is 5.21. The van der Waals surface area contributed by atoms with E-state index in [9.17, 15) is 19.1 Å². The van der Waals surface area contributed by atoms with Crippen LogP contribution in [0.3, 0.4) is 0 Å². The first-order valence-corrected chi connectivity index (χ1v) is 8.28. The van der Waals surface area contributed by atoms with Crippen LogP contribution in [-0.4, -0.2) is 16.9 Å². The Morgan fingerprint density at radius 2 is 1.88 bits per heavy atom. The monoisotopic (exact) mass is 378 g/mol. The van der Waals surface area contributed by atoms with E-state index in [1.165, 1.54) is 30.3 Å². The average Bonchev–Trinajstić information content (AvgIpc) is 2.51. The molecule has 5 nitrogen and oxygen atoms in total. The van der Waals surface area contributed by atoms with E-state index in [0.29, 0.717) is 10.6 Å². The van der Waals surface area contributed by atoms with Gasteiger partial charge < -0.3 is 16.2 Å². The Kier molecular flexibility index (Phi) is 5.56. The van der Waals surface area contributed by atoms with Gasteiger partial charge in [-0.2, -0.15) is 0 Å². The Morgan fingerprint density at radius 3 is 2.46 bits per heavy atom. The lowest BCUT2D eigenvalue weighted by Gasteiger charge is -2.22. The third-order valence-electron chi connectivity index (χ3n) is 3.82. The summed E-state index contributed by atoms with van der Waals surface area (Å²) in [5, 5.41) is 12.8. The predicted octanol–water partition coefficient (Wildman–Crippen LogP) is 3.76. The van der Waals surface area contributed by atoms with Gasteiger partial charge in [-0.1, -0.05) is 32.4 Å². The topological polar surface area (TPSA) is 92.4 Å². The summed E-state index contributed by atoms with van der Waals surface area (Å²) in [4.78, 5) is 23.8. The number of carbonyl (C=O) groups is 2. The van der Waals surface area contributed by atoms with Crippen molar-refractivity contribution < 1.29 is 19.1 Å². The summed E-state index contributed by atoms with van der Waals surface area (Å²) < 4.78 is 14.5. The molecule has 0 saturated carbocycles. The molecule has 0 radical (unpaired) electrons. The number of phenolic OH excluding ortho intramolecular Hbond substituents is 1. The van der Waals surface area contributed by atoms with Gasteiger partial charge in [-0.05, 0) is 41.3 Å². The molecule has 26 heavy (non-hydrogen) atoms. The summed E-state index contributed by atoms with van der Waals surface area (Å²) in [7, 11) is 0. The molecule has 0 aliphatic carbocycles. The maximum atomic E-state index is 14.5. The fourth-order valence-corrected chi connectivity index (χ4v) is 2.69. The zero-order valence-corrected chi connectivity index (χ0v) is 15.4. The van der Waals surface area contributed by atoms with Gasteiger partial charge in [-0.3, -0.25) is 9.59 Å². The number of hydrogen-bond acceptors (Lipinski definition) is 3. The molecule has 7 heteroatoms. The summed E-state index contributed by atoms with van der Waals surface area (Å²) in [6.07, 6.45) is -0.138. The van der Waals surface area contributed by atoms with Crippen molar-refractivity contribution in [1.82, 2.24) is 0 Å². The lowest BCUT2D eigenvalue weighted by atomic mass is 9.85. The van der Waals surface area contributed by atoms with Crippen molar-refractivity contribution >= 4 is 29.1 Å². The second-order valence-electron chi connectivity index (χ2n) is 7.00. The number of nitrogens with two attached hydrogens (primary N) is 1. The number of hydrogen-bond donors (Lipinski definition) is 3. The number of amides is 2. The van der Waals surface area contributed by atoms with E-state index in [1.54, 1.807) is 20.8 Å². The van der Waals surface area contributed by atoms with Crippen LogP contribution in [0.4, 0.5) is 10.1 Å². The first-order valence-electron chi connectivity index (χ1n) is 7.90. The van der Waals surface area contributed by atoms with Crippen LogP contribution in [0.5, 0.6) is 5.75 Å². The molecule has 0 fully saturated rings. The van der Waals surface area contributed by atoms with E-state index in [2.05, 4.69) is 5.32 Å². The molecule has 0 aromatic heterocycles. The van der Waals surface area contributed by atoms with Crippen LogP contribution in [0.2, 0.25) is 5.02 Å². The molecule has 2 aromatic rings. The van der Waals surface area contributed by atoms with Crippen molar-refractivity contribution in [3.8, 4) is 5.75 Å². The maximum Gasteiger partial charge on any atom is 0.251 e. The third kappa shape index (κ3) is 4.52. The number of rotatable bonds is 4. The molecule has 2 amide bonds. The highest BCUT2D eigenvalue weighted by molar-refractivity contribution is 6.30. The van der Waals surface area contributed by atoms with Crippen LogP contribution in [0.1, 0.15) is 42.3 Å². The van der Waals surface area contributed by atoms with Gasteiger partial charge in [-0.25, -0.2) is 4.39 Å². The molecule has 2 aromatic carbocycles. The van der Waals surface area contributed by atoms with E-state index >= 15 is 0 Å². The van der Waals surface area contributed by atoms with Gasteiger partial charge in [-0.15, -0.1) is 0 Å². The standard InChI is InChI=1S/C19H20ClFN2O3/c1-19(2,3)14-9-12(8-13(17(14)21)18(22)26)23-16(25)7-10-6-11(20)4-5-15(10)24/h4-6,8-9,24H,7H2,1-3H3,(H2,22,26)(H,23,25). The number of anilines is 1. The molecular weight excluding hydrogens is 359 g/mol. The van der Waals surface area contributed by atoms with E-state index in [1.807, 2.05) is 0 Å². The number of aromatic hydroxyl groups is 1. The van der Waals surface area contributed by atoms with Gasteiger partial charge >= 0.3 is 0 Å². The molecule has 4 N–H and O–H groups in total. The number of halogens is 2. The van der Waals surface area contributed by atoms with E-state index < -0.39 is 23.0 Å². The smallest absolute Gasteiger partial charge is 0.251 e. The zero-order valence-electron chi connectivity index (χ0n) is 14.7. The van der Waals surface area contributed by atoms with Gasteiger partial charge in [0.25, 0.3) is 5.91 Å². The van der Waals surface area contributed by atoms with Crippen molar-refractivity contribution in [2.45, 2.75) is 32.6 Å². The highest BCUT2D eigenvalue weighted by Gasteiger charge is 2.24. The second kappa shape index (κ2) is 7.33. The lowest BCUT2D eigenvalue weighted by molar-refractivity contribution is -0.115. The highest BCUT2D eigenvalue weighted by Crippen LogP contribution is 2.30. The van der Waals surface area contributed by atoms with Crippen molar-refractivity contribution in [2.24, 2.45) is 5.73 Å². The molecule has 0 heterocycles. The molecule has 0 spiro atoms. The molecule has 2 rings (SSSR count). The van der Waals surface area contributed by atoms with Crippen molar-refractivity contribution in [1.29, 1.82) is 0 Å². The summed E-state index contributed by atoms with van der Waals surface area (Å²) in [5.74, 6) is -2.13. The number of benzene rings is 2. The Bertz CT molecular complexity index is 876. The maximum absolute atomic E-state index is 14.5. The van der Waals surface area contributed by atoms with Gasteiger partial charge in [0.1, 0.15) is 11.6 Å². The van der Waals surface area contributed by atoms with Gasteiger partial charge in [0.05, 0.1) is 12.0 Å². The minimum atomic E-state index is -0.920. The molecular formula is C19H20ClFN2O3. The van der Waals surface area contributed by atoms with E-state index in [-0.39, 0.29) is 29.0 Å². The van der Waals surface area contributed by atoms with Gasteiger partial charge in [0.2, 0.25) is 5.91 Å². The minimum Gasteiger partial charge on any atom is -0.508 e. The fourth-order valence-electron chi connectivity index (χ4n) is 2.50. The van der Waals surface area contributed by atoms with Crippen LogP contribution < -0.4 is 11.1 Å². The largest absolute Gasteiger partial charge is 0.508 e. The molecule has 0 unspecified atom stereocenters. The summed E-state index contributed by atoms with van der Waals surface area (Å²) in [6.45, 7) is 5.35. The quantitative estimate of drug-likeness (QED) is 0.756. The molecule has 0 bridgehead atoms. The molecule has 138 valence electrons. The van der Waals surface area contributed by atoms with Crippen LogP contribution >= 0.6 is 11.6 Å². The van der Waals surface area contributed by atoms with E-state index in [0.717, 1.165) is 0 Å². The van der Waals surface area contributed by atoms with Gasteiger partial charge in [0.15, 0.2) is 0 Å². The highest BCUT2D eigenvalue weighted by atomic mass is 35.5. The van der Waals surface area contributed by atoms with Crippen molar-refractivity contribution in [2.75, 3.05) is 5.32 Å². The Hall–Kier alpha value is -2.60. The van der Waals surface area contributed by atoms with E-state index in [4.69, 9.17) is 17.3 Å². The van der Waals surface area contributed by atoms with Crippen LogP contribution in [0.15, 0.2) is 30.3 Å². The van der Waals surface area contributed by atoms with Crippen molar-refractivity contribution in [3.05, 3.63) is 57.9 Å². The Labute approximate surface area is 156 Å². The first-order chi connectivity index (χ1) is 12.0.